The first kappa shape index (κ1) is 10.8. The van der Waals surface area contributed by atoms with Gasteiger partial charge in [-0.2, -0.15) is 0 Å². The molecule has 0 aromatic heterocycles. The second-order valence-electron chi connectivity index (χ2n) is 3.02. The predicted octanol–water partition coefficient (Wildman–Crippen LogP) is 1.01. The molecule has 3 heteroatoms. The molecule has 0 radical (unpaired) electrons. The molecule has 0 bridgehead atoms. The van der Waals surface area contributed by atoms with Crippen molar-refractivity contribution >= 4 is 5.69 Å². The van der Waals surface area contributed by atoms with Crippen molar-refractivity contribution in [1.29, 1.82) is 0 Å². The van der Waals surface area contributed by atoms with Crippen molar-refractivity contribution in [2.75, 3.05) is 11.9 Å². The first-order valence-corrected chi connectivity index (χ1v) is 4.51. The molecule has 0 amide bonds. The second kappa shape index (κ2) is 5.42. The number of hydrogen-bond acceptors (Lipinski definition) is 3. The summed E-state index contributed by atoms with van der Waals surface area (Å²) in [4.78, 5) is 0. The van der Waals surface area contributed by atoms with Gasteiger partial charge >= 0.3 is 0 Å². The number of anilines is 1. The molecule has 1 aromatic carbocycles. The van der Waals surface area contributed by atoms with Crippen LogP contribution in [0.1, 0.15) is 0 Å². The average Bonchev–Trinajstić information content (AvgIpc) is 2.26. The molecular weight excluding hydrogens is 178 g/mol. The van der Waals surface area contributed by atoms with Gasteiger partial charge in [0.2, 0.25) is 0 Å². The third kappa shape index (κ3) is 2.87. The summed E-state index contributed by atoms with van der Waals surface area (Å²) in [6, 6.07) is 9.15. The Labute approximate surface area is 83.7 Å². The van der Waals surface area contributed by atoms with Crippen molar-refractivity contribution in [2.45, 2.75) is 12.1 Å². The zero-order chi connectivity index (χ0) is 10.4. The number of nitrogens with one attached hydrogen (secondary N) is 1. The van der Waals surface area contributed by atoms with E-state index in [1.165, 1.54) is 0 Å². The lowest BCUT2D eigenvalue weighted by Gasteiger charge is -2.20. The summed E-state index contributed by atoms with van der Waals surface area (Å²) in [5.41, 5.74) is 0.893. The highest BCUT2D eigenvalue weighted by Gasteiger charge is 2.13. The SMILES string of the molecule is C=C[C@H](Nc1ccccc1)[C@H](O)CO. The van der Waals surface area contributed by atoms with E-state index < -0.39 is 6.10 Å². The summed E-state index contributed by atoms with van der Waals surface area (Å²) >= 11 is 0. The summed E-state index contributed by atoms with van der Waals surface area (Å²) in [7, 11) is 0. The van der Waals surface area contributed by atoms with Gasteiger partial charge in [-0.05, 0) is 12.1 Å². The minimum absolute atomic E-state index is 0.281. The van der Waals surface area contributed by atoms with E-state index in [1.807, 2.05) is 30.3 Å². The normalized spacial score (nSPS) is 14.4. The molecule has 0 unspecified atom stereocenters. The van der Waals surface area contributed by atoms with E-state index in [4.69, 9.17) is 5.11 Å². The molecule has 3 N–H and O–H groups in total. The summed E-state index contributed by atoms with van der Waals surface area (Å²) in [6.07, 6.45) is 0.751. The Morgan fingerprint density at radius 2 is 2.00 bits per heavy atom. The van der Waals surface area contributed by atoms with Crippen LogP contribution in [0.3, 0.4) is 0 Å². The molecule has 0 saturated heterocycles. The number of hydrogen-bond donors (Lipinski definition) is 3. The highest BCUT2D eigenvalue weighted by Crippen LogP contribution is 2.09. The summed E-state index contributed by atoms with van der Waals surface area (Å²) in [5.74, 6) is 0. The zero-order valence-electron chi connectivity index (χ0n) is 7.93. The number of benzene rings is 1. The van der Waals surface area contributed by atoms with Crippen LogP contribution in [-0.4, -0.2) is 29.0 Å². The van der Waals surface area contributed by atoms with Crippen LogP contribution in [0.15, 0.2) is 43.0 Å². The first-order valence-electron chi connectivity index (χ1n) is 4.51. The van der Waals surface area contributed by atoms with E-state index in [0.717, 1.165) is 5.69 Å². The molecule has 76 valence electrons. The molecular formula is C11H15NO2. The minimum Gasteiger partial charge on any atom is -0.394 e. The molecule has 3 nitrogen and oxygen atoms in total. The van der Waals surface area contributed by atoms with E-state index in [1.54, 1.807) is 6.08 Å². The van der Waals surface area contributed by atoms with Crippen LogP contribution in [-0.2, 0) is 0 Å². The Balaban J connectivity index is 2.61. The van der Waals surface area contributed by atoms with Crippen LogP contribution >= 0.6 is 0 Å². The van der Waals surface area contributed by atoms with Gasteiger partial charge in [-0.3, -0.25) is 0 Å². The molecule has 14 heavy (non-hydrogen) atoms. The third-order valence-corrected chi connectivity index (χ3v) is 1.96. The van der Waals surface area contributed by atoms with Gasteiger partial charge in [0.25, 0.3) is 0 Å². The van der Waals surface area contributed by atoms with Gasteiger partial charge in [0.1, 0.15) is 6.10 Å². The summed E-state index contributed by atoms with van der Waals surface area (Å²) in [6.45, 7) is 3.31. The first-order chi connectivity index (χ1) is 6.77. The van der Waals surface area contributed by atoms with Gasteiger partial charge in [-0.25, -0.2) is 0 Å². The van der Waals surface area contributed by atoms with E-state index in [2.05, 4.69) is 11.9 Å². The summed E-state index contributed by atoms with van der Waals surface area (Å²) < 4.78 is 0. The average molecular weight is 193 g/mol. The lowest BCUT2D eigenvalue weighted by molar-refractivity contribution is 0.0900. The van der Waals surface area contributed by atoms with Crippen molar-refractivity contribution in [3.8, 4) is 0 Å². The van der Waals surface area contributed by atoms with E-state index in [0.29, 0.717) is 0 Å². The minimum atomic E-state index is -0.826. The van der Waals surface area contributed by atoms with E-state index in [9.17, 15) is 5.11 Å². The number of aliphatic hydroxyl groups is 2. The van der Waals surface area contributed by atoms with Crippen LogP contribution in [0.25, 0.3) is 0 Å². The second-order valence-corrected chi connectivity index (χ2v) is 3.02. The number of aliphatic hydroxyl groups excluding tert-OH is 2. The quantitative estimate of drug-likeness (QED) is 0.612. The fraction of sp³-hybridized carbons (Fsp3) is 0.273. The predicted molar refractivity (Wildman–Crippen MR) is 57.1 cm³/mol. The highest BCUT2D eigenvalue weighted by molar-refractivity contribution is 5.44. The van der Waals surface area contributed by atoms with Crippen molar-refractivity contribution in [3.05, 3.63) is 43.0 Å². The van der Waals surface area contributed by atoms with Crippen molar-refractivity contribution < 1.29 is 10.2 Å². The topological polar surface area (TPSA) is 52.5 Å². The molecule has 0 aliphatic rings. The zero-order valence-corrected chi connectivity index (χ0v) is 7.93. The lowest BCUT2D eigenvalue weighted by Crippen LogP contribution is -2.34. The Morgan fingerprint density at radius 1 is 1.36 bits per heavy atom. The maximum atomic E-state index is 9.40. The summed E-state index contributed by atoms with van der Waals surface area (Å²) in [5, 5.41) is 21.2. The lowest BCUT2D eigenvalue weighted by atomic mass is 10.1. The monoisotopic (exact) mass is 193 g/mol. The van der Waals surface area contributed by atoms with E-state index >= 15 is 0 Å². The Hall–Kier alpha value is -1.32. The number of rotatable bonds is 5. The Morgan fingerprint density at radius 3 is 2.50 bits per heavy atom. The molecule has 0 heterocycles. The molecule has 2 atom stereocenters. The van der Waals surface area contributed by atoms with Gasteiger partial charge in [0, 0.05) is 5.69 Å². The van der Waals surface area contributed by atoms with Gasteiger partial charge in [0.05, 0.1) is 12.6 Å². The van der Waals surface area contributed by atoms with Crippen molar-refractivity contribution in [2.24, 2.45) is 0 Å². The van der Waals surface area contributed by atoms with Crippen LogP contribution in [0.5, 0.6) is 0 Å². The smallest absolute Gasteiger partial charge is 0.101 e. The molecule has 0 aliphatic carbocycles. The highest BCUT2D eigenvalue weighted by atomic mass is 16.3. The van der Waals surface area contributed by atoms with E-state index in [-0.39, 0.29) is 12.6 Å². The van der Waals surface area contributed by atoms with Gasteiger partial charge < -0.3 is 15.5 Å². The number of para-hydroxylation sites is 1. The largest absolute Gasteiger partial charge is 0.394 e. The fourth-order valence-electron chi connectivity index (χ4n) is 1.15. The Bertz CT molecular complexity index is 274. The van der Waals surface area contributed by atoms with Gasteiger partial charge in [-0.1, -0.05) is 24.3 Å². The van der Waals surface area contributed by atoms with Gasteiger partial charge in [0.15, 0.2) is 0 Å². The molecule has 0 spiro atoms. The standard InChI is InChI=1S/C11H15NO2/c1-2-10(11(14)8-13)12-9-6-4-3-5-7-9/h2-7,10-14H,1,8H2/t10-,11+/m0/s1. The van der Waals surface area contributed by atoms with Crippen LogP contribution in [0, 0.1) is 0 Å². The molecule has 0 saturated carbocycles. The van der Waals surface area contributed by atoms with Crippen LogP contribution in [0.4, 0.5) is 5.69 Å². The molecule has 0 aliphatic heterocycles. The maximum absolute atomic E-state index is 9.40. The Kier molecular flexibility index (Phi) is 4.16. The molecule has 1 aromatic rings. The third-order valence-electron chi connectivity index (χ3n) is 1.96. The molecule has 0 fully saturated rings. The maximum Gasteiger partial charge on any atom is 0.101 e. The fourth-order valence-corrected chi connectivity index (χ4v) is 1.15. The molecule has 1 rings (SSSR count). The van der Waals surface area contributed by atoms with Crippen molar-refractivity contribution in [1.82, 2.24) is 0 Å². The van der Waals surface area contributed by atoms with Crippen LogP contribution in [0.2, 0.25) is 0 Å². The van der Waals surface area contributed by atoms with Gasteiger partial charge in [-0.15, -0.1) is 6.58 Å². The van der Waals surface area contributed by atoms with Crippen molar-refractivity contribution in [3.63, 3.8) is 0 Å². The van der Waals surface area contributed by atoms with Crippen LogP contribution < -0.4 is 5.32 Å².